The summed E-state index contributed by atoms with van der Waals surface area (Å²) in [5.74, 6) is 7.66. The van der Waals surface area contributed by atoms with E-state index < -0.39 is 0 Å². The molecule has 0 aliphatic heterocycles. The molecule has 0 heterocycles. The zero-order valence-corrected chi connectivity index (χ0v) is 13.6. The number of rotatable bonds is 4. The third kappa shape index (κ3) is 2.63. The molecule has 3 N–H and O–H groups in total. The van der Waals surface area contributed by atoms with Crippen LogP contribution >= 0.6 is 27.5 Å². The van der Waals surface area contributed by atoms with Crippen LogP contribution in [0, 0.1) is 23.6 Å². The van der Waals surface area contributed by atoms with Crippen LogP contribution in [-0.4, -0.2) is 0 Å². The van der Waals surface area contributed by atoms with Gasteiger partial charge in [0.1, 0.15) is 5.82 Å². The first-order valence-electron chi connectivity index (χ1n) is 7.19. The Labute approximate surface area is 132 Å². The van der Waals surface area contributed by atoms with Crippen molar-refractivity contribution in [1.82, 2.24) is 5.43 Å². The van der Waals surface area contributed by atoms with Gasteiger partial charge in [0.2, 0.25) is 0 Å². The molecule has 0 amide bonds. The average Bonchev–Trinajstić information content (AvgIpc) is 3.05. The van der Waals surface area contributed by atoms with Crippen molar-refractivity contribution in [1.29, 1.82) is 0 Å². The van der Waals surface area contributed by atoms with Gasteiger partial charge in [0, 0.05) is 16.1 Å². The van der Waals surface area contributed by atoms with Gasteiger partial charge >= 0.3 is 0 Å². The van der Waals surface area contributed by atoms with Crippen LogP contribution in [0.1, 0.15) is 43.7 Å². The van der Waals surface area contributed by atoms with E-state index in [-0.39, 0.29) is 16.9 Å². The topological polar surface area (TPSA) is 38.0 Å². The molecule has 5 heteroatoms. The molecule has 3 rings (SSSR count). The second-order valence-electron chi connectivity index (χ2n) is 6.15. The maximum Gasteiger partial charge on any atom is 0.147 e. The van der Waals surface area contributed by atoms with Crippen LogP contribution in [0.4, 0.5) is 4.39 Å². The minimum atomic E-state index is -0.368. The number of hydrazine groups is 1. The summed E-state index contributed by atoms with van der Waals surface area (Å²) >= 11 is 9.22. The van der Waals surface area contributed by atoms with Crippen molar-refractivity contribution in [2.45, 2.75) is 38.1 Å². The molecule has 2 fully saturated rings. The second-order valence-corrected chi connectivity index (χ2v) is 7.39. The van der Waals surface area contributed by atoms with Crippen LogP contribution < -0.4 is 11.3 Å². The predicted molar refractivity (Wildman–Crippen MR) is 82.7 cm³/mol. The zero-order valence-electron chi connectivity index (χ0n) is 11.2. The van der Waals surface area contributed by atoms with E-state index in [4.69, 9.17) is 17.4 Å². The van der Waals surface area contributed by atoms with E-state index in [1.165, 1.54) is 25.7 Å². The Morgan fingerprint density at radius 3 is 2.80 bits per heavy atom. The molecule has 0 spiro atoms. The number of fused-ring (bicyclic) bond motifs is 2. The lowest BCUT2D eigenvalue weighted by atomic mass is 9.83. The number of halogens is 3. The Balaban J connectivity index is 1.78. The Kier molecular flexibility index (Phi) is 4.37. The van der Waals surface area contributed by atoms with E-state index >= 15 is 0 Å². The lowest BCUT2D eigenvalue weighted by Crippen LogP contribution is -2.31. The molecular formula is C15H19BrClFN2. The molecule has 20 heavy (non-hydrogen) atoms. The molecule has 2 aliphatic rings. The summed E-state index contributed by atoms with van der Waals surface area (Å²) < 4.78 is 14.9. The number of nitrogens with two attached hydrogens (primary N) is 1. The third-order valence-corrected chi connectivity index (χ3v) is 6.32. The van der Waals surface area contributed by atoms with Gasteiger partial charge in [0.25, 0.3) is 0 Å². The van der Waals surface area contributed by atoms with Crippen molar-refractivity contribution in [2.75, 3.05) is 0 Å². The Hall–Kier alpha value is -0.160. The van der Waals surface area contributed by atoms with E-state index in [1.807, 2.05) is 0 Å². The smallest absolute Gasteiger partial charge is 0.147 e. The average molecular weight is 362 g/mol. The minimum Gasteiger partial charge on any atom is -0.271 e. The monoisotopic (exact) mass is 360 g/mol. The zero-order chi connectivity index (χ0) is 14.3. The molecule has 2 saturated carbocycles. The summed E-state index contributed by atoms with van der Waals surface area (Å²) in [5.41, 5.74) is 3.35. The molecule has 0 aromatic heterocycles. The molecule has 110 valence electrons. The number of hydrogen-bond acceptors (Lipinski definition) is 2. The fourth-order valence-corrected chi connectivity index (χ4v) is 4.54. The summed E-state index contributed by atoms with van der Waals surface area (Å²) in [4.78, 5) is 0. The molecule has 4 unspecified atom stereocenters. The van der Waals surface area contributed by atoms with Crippen molar-refractivity contribution in [3.05, 3.63) is 33.0 Å². The van der Waals surface area contributed by atoms with Gasteiger partial charge in [-0.15, -0.1) is 0 Å². The first-order chi connectivity index (χ1) is 9.60. The van der Waals surface area contributed by atoms with Gasteiger partial charge in [0.15, 0.2) is 0 Å². The normalized spacial score (nSPS) is 29.9. The van der Waals surface area contributed by atoms with Crippen molar-refractivity contribution >= 4 is 27.5 Å². The lowest BCUT2D eigenvalue weighted by Gasteiger charge is -2.27. The molecule has 2 bridgehead atoms. The number of hydrogen-bond donors (Lipinski definition) is 2. The van der Waals surface area contributed by atoms with Crippen LogP contribution in [0.15, 0.2) is 16.6 Å². The predicted octanol–water partition coefficient (Wildman–Crippen LogP) is 4.57. The highest BCUT2D eigenvalue weighted by atomic mass is 79.9. The van der Waals surface area contributed by atoms with Crippen molar-refractivity contribution in [3.63, 3.8) is 0 Å². The Bertz CT molecular complexity index is 511. The molecule has 1 aromatic carbocycles. The molecule has 2 nitrogen and oxygen atoms in total. The lowest BCUT2D eigenvalue weighted by molar-refractivity contribution is 0.277. The van der Waals surface area contributed by atoms with E-state index in [2.05, 4.69) is 21.4 Å². The summed E-state index contributed by atoms with van der Waals surface area (Å²) in [6.07, 6.45) is 6.23. The fraction of sp³-hybridized carbons (Fsp3) is 0.600. The summed E-state index contributed by atoms with van der Waals surface area (Å²) in [6.45, 7) is 0. The van der Waals surface area contributed by atoms with Gasteiger partial charge in [-0.2, -0.15) is 0 Å². The minimum absolute atomic E-state index is 0.135. The number of nitrogens with one attached hydrogen (secondary N) is 1. The molecule has 4 atom stereocenters. The number of benzene rings is 1. The first-order valence-corrected chi connectivity index (χ1v) is 8.36. The standard InChI is InChI=1S/C15H19BrClFN2/c16-12-4-3-11(15(18)14(12)17)13(20-19)7-10-6-8-1-2-9(10)5-8/h3-4,8-10,13,20H,1-2,5-7,19H2. The van der Waals surface area contributed by atoms with Crippen LogP contribution in [0.2, 0.25) is 5.02 Å². The van der Waals surface area contributed by atoms with Gasteiger partial charge in [0.05, 0.1) is 5.02 Å². The van der Waals surface area contributed by atoms with Crippen LogP contribution in [0.5, 0.6) is 0 Å². The van der Waals surface area contributed by atoms with E-state index in [9.17, 15) is 4.39 Å². The van der Waals surface area contributed by atoms with Crippen LogP contribution in [-0.2, 0) is 0 Å². The molecule has 1 aromatic rings. The largest absolute Gasteiger partial charge is 0.271 e. The van der Waals surface area contributed by atoms with Crippen molar-refractivity contribution in [2.24, 2.45) is 23.6 Å². The second kappa shape index (κ2) is 5.91. The van der Waals surface area contributed by atoms with Crippen LogP contribution in [0.25, 0.3) is 0 Å². The summed E-state index contributed by atoms with van der Waals surface area (Å²) in [6, 6.07) is 3.39. The highest BCUT2D eigenvalue weighted by molar-refractivity contribution is 9.10. The summed E-state index contributed by atoms with van der Waals surface area (Å²) in [5, 5.41) is 0.135. The highest BCUT2D eigenvalue weighted by Gasteiger charge is 2.40. The highest BCUT2D eigenvalue weighted by Crippen LogP contribution is 2.51. The van der Waals surface area contributed by atoms with Gasteiger partial charge in [-0.25, -0.2) is 4.39 Å². The van der Waals surface area contributed by atoms with E-state index in [0.29, 0.717) is 16.0 Å². The molecule has 0 radical (unpaired) electrons. The fourth-order valence-electron chi connectivity index (χ4n) is 4.06. The van der Waals surface area contributed by atoms with Crippen molar-refractivity contribution in [3.8, 4) is 0 Å². The molecular weight excluding hydrogens is 343 g/mol. The maximum atomic E-state index is 14.3. The Morgan fingerprint density at radius 2 is 2.20 bits per heavy atom. The van der Waals surface area contributed by atoms with Gasteiger partial charge < -0.3 is 0 Å². The summed E-state index contributed by atoms with van der Waals surface area (Å²) in [7, 11) is 0. The van der Waals surface area contributed by atoms with Gasteiger partial charge in [-0.3, -0.25) is 11.3 Å². The first kappa shape index (κ1) is 14.8. The van der Waals surface area contributed by atoms with E-state index in [1.54, 1.807) is 12.1 Å². The maximum absolute atomic E-state index is 14.3. The third-order valence-electron chi connectivity index (χ3n) is 5.06. The van der Waals surface area contributed by atoms with Gasteiger partial charge in [-0.1, -0.05) is 24.1 Å². The SMILES string of the molecule is NNC(CC1CC2CCC1C2)c1ccc(Br)c(Cl)c1F. The van der Waals surface area contributed by atoms with E-state index in [0.717, 1.165) is 18.3 Å². The van der Waals surface area contributed by atoms with Crippen molar-refractivity contribution < 1.29 is 4.39 Å². The molecule has 0 saturated heterocycles. The Morgan fingerprint density at radius 1 is 1.40 bits per heavy atom. The van der Waals surface area contributed by atoms with Gasteiger partial charge in [-0.05, 0) is 65.4 Å². The molecule has 2 aliphatic carbocycles. The quantitative estimate of drug-likeness (QED) is 0.468. The van der Waals surface area contributed by atoms with Crippen LogP contribution in [0.3, 0.4) is 0 Å².